The minimum Gasteiger partial charge on any atom is -0.263 e. The van der Waals surface area contributed by atoms with Gasteiger partial charge in [-0.15, -0.1) is 0 Å². The van der Waals surface area contributed by atoms with Crippen molar-refractivity contribution >= 4 is 43.1 Å². The molecule has 2 aromatic heterocycles. The molecule has 0 saturated carbocycles. The Morgan fingerprint density at radius 1 is 0.288 bits per heavy atom. The van der Waals surface area contributed by atoms with Gasteiger partial charge >= 0.3 is 0 Å². The van der Waals surface area contributed by atoms with E-state index in [1.54, 1.807) is 0 Å². The average Bonchev–Trinajstić information content (AvgIpc) is 3.23. The van der Waals surface area contributed by atoms with Crippen LogP contribution in [-0.2, 0) is 0 Å². The van der Waals surface area contributed by atoms with Gasteiger partial charge in [0.2, 0.25) is 0 Å². The molecule has 0 aliphatic heterocycles. The van der Waals surface area contributed by atoms with Gasteiger partial charge in [-0.05, 0) is 72.6 Å². The van der Waals surface area contributed by atoms with Gasteiger partial charge in [-0.2, -0.15) is 0 Å². The molecule has 0 unspecified atom stereocenters. The Bertz CT molecular complexity index is 2930. The zero-order valence-electron chi connectivity index (χ0n) is 28.2. The lowest BCUT2D eigenvalue weighted by atomic mass is 9.93. The summed E-state index contributed by atoms with van der Waals surface area (Å²) in [6, 6.07) is 62.4. The summed E-state index contributed by atoms with van der Waals surface area (Å²) in [5.74, 6) is 0.702. The Balaban J connectivity index is 1.04. The standard InChI is InChI=1S/C49H31N3/c1-2-9-36(10-3-1)49-51-47(29-48(52-49)35-23-19-33(20-24-35)46-31-50-30-40-13-6-7-14-42(40)46)34-21-17-32(18-22-34)41-15-8-16-43-44(41)26-25-39-27-37-11-4-5-12-38(37)28-45(39)43/h1-31H. The predicted molar refractivity (Wildman–Crippen MR) is 217 cm³/mol. The van der Waals surface area contributed by atoms with Crippen LogP contribution in [0.3, 0.4) is 0 Å². The molecule has 10 rings (SSSR count). The monoisotopic (exact) mass is 661 g/mol. The summed E-state index contributed by atoms with van der Waals surface area (Å²) in [5, 5.41) is 9.89. The van der Waals surface area contributed by atoms with Crippen molar-refractivity contribution in [3.05, 3.63) is 188 Å². The third-order valence-electron chi connectivity index (χ3n) is 10.2. The Morgan fingerprint density at radius 2 is 0.885 bits per heavy atom. The summed E-state index contributed by atoms with van der Waals surface area (Å²) in [6.45, 7) is 0. The van der Waals surface area contributed by atoms with E-state index in [2.05, 4.69) is 157 Å². The molecule has 10 aromatic rings. The van der Waals surface area contributed by atoms with Crippen LogP contribution in [0.1, 0.15) is 0 Å². The van der Waals surface area contributed by atoms with Crippen LogP contribution in [0.25, 0.3) is 99.2 Å². The Labute approximate surface area is 301 Å². The molecule has 52 heavy (non-hydrogen) atoms. The molecule has 0 saturated heterocycles. The molecular weight excluding hydrogens is 631 g/mol. The molecule has 0 aliphatic carbocycles. The molecule has 0 spiro atoms. The highest BCUT2D eigenvalue weighted by molar-refractivity contribution is 6.15. The van der Waals surface area contributed by atoms with Crippen LogP contribution in [0.15, 0.2) is 188 Å². The fourth-order valence-corrected chi connectivity index (χ4v) is 7.48. The zero-order valence-corrected chi connectivity index (χ0v) is 28.2. The molecule has 0 radical (unpaired) electrons. The highest BCUT2D eigenvalue weighted by Gasteiger charge is 2.13. The van der Waals surface area contributed by atoms with E-state index in [1.165, 1.54) is 48.8 Å². The van der Waals surface area contributed by atoms with E-state index >= 15 is 0 Å². The zero-order chi connectivity index (χ0) is 34.4. The summed E-state index contributed by atoms with van der Waals surface area (Å²) < 4.78 is 0. The van der Waals surface area contributed by atoms with E-state index < -0.39 is 0 Å². The second-order valence-electron chi connectivity index (χ2n) is 13.3. The summed E-state index contributed by atoms with van der Waals surface area (Å²) in [6.07, 6.45) is 3.86. The van der Waals surface area contributed by atoms with Crippen LogP contribution in [0.2, 0.25) is 0 Å². The first-order valence-corrected chi connectivity index (χ1v) is 17.6. The number of hydrogen-bond acceptors (Lipinski definition) is 3. The van der Waals surface area contributed by atoms with Crippen LogP contribution >= 0.6 is 0 Å². The maximum Gasteiger partial charge on any atom is 0.160 e. The van der Waals surface area contributed by atoms with Gasteiger partial charge in [0.15, 0.2) is 5.82 Å². The molecule has 2 heterocycles. The van der Waals surface area contributed by atoms with Crippen molar-refractivity contribution in [1.82, 2.24) is 15.0 Å². The largest absolute Gasteiger partial charge is 0.263 e. The third kappa shape index (κ3) is 5.28. The second kappa shape index (κ2) is 12.4. The van der Waals surface area contributed by atoms with Crippen LogP contribution in [-0.4, -0.2) is 15.0 Å². The van der Waals surface area contributed by atoms with Gasteiger partial charge in [-0.3, -0.25) is 4.98 Å². The highest BCUT2D eigenvalue weighted by atomic mass is 14.9. The average molecular weight is 662 g/mol. The van der Waals surface area contributed by atoms with E-state index in [1.807, 2.05) is 36.7 Å². The number of nitrogens with zero attached hydrogens (tertiary/aromatic N) is 3. The lowest BCUT2D eigenvalue weighted by Gasteiger charge is -2.12. The van der Waals surface area contributed by atoms with Crippen LogP contribution in [0, 0.1) is 0 Å². The van der Waals surface area contributed by atoms with Gasteiger partial charge < -0.3 is 0 Å². The van der Waals surface area contributed by atoms with Gasteiger partial charge in [0.25, 0.3) is 0 Å². The van der Waals surface area contributed by atoms with E-state index in [-0.39, 0.29) is 0 Å². The van der Waals surface area contributed by atoms with E-state index in [4.69, 9.17) is 9.97 Å². The van der Waals surface area contributed by atoms with Crippen molar-refractivity contribution in [2.24, 2.45) is 0 Å². The second-order valence-corrected chi connectivity index (χ2v) is 13.3. The fraction of sp³-hybridized carbons (Fsp3) is 0. The Hall–Kier alpha value is -6.97. The maximum absolute atomic E-state index is 5.09. The number of rotatable bonds is 5. The van der Waals surface area contributed by atoms with Gasteiger partial charge in [-0.1, -0.05) is 158 Å². The van der Waals surface area contributed by atoms with E-state index in [0.717, 1.165) is 44.6 Å². The lowest BCUT2D eigenvalue weighted by Crippen LogP contribution is -1.96. The van der Waals surface area contributed by atoms with Crippen LogP contribution in [0.4, 0.5) is 0 Å². The van der Waals surface area contributed by atoms with Crippen molar-refractivity contribution in [3.63, 3.8) is 0 Å². The molecule has 0 N–H and O–H groups in total. The number of fused-ring (bicyclic) bond motifs is 5. The van der Waals surface area contributed by atoms with Crippen molar-refractivity contribution in [1.29, 1.82) is 0 Å². The molecule has 3 heteroatoms. The molecule has 242 valence electrons. The minimum atomic E-state index is 0.702. The number of pyridine rings is 1. The molecule has 0 bridgehead atoms. The van der Waals surface area contributed by atoms with Gasteiger partial charge in [0, 0.05) is 40.0 Å². The first-order valence-electron chi connectivity index (χ1n) is 17.6. The topological polar surface area (TPSA) is 38.7 Å². The van der Waals surface area contributed by atoms with Crippen LogP contribution in [0.5, 0.6) is 0 Å². The normalized spacial score (nSPS) is 11.5. The van der Waals surface area contributed by atoms with E-state index in [0.29, 0.717) is 5.82 Å². The summed E-state index contributed by atoms with van der Waals surface area (Å²) >= 11 is 0. The highest BCUT2D eigenvalue weighted by Crippen LogP contribution is 2.37. The molecule has 0 atom stereocenters. The molecule has 0 amide bonds. The molecular formula is C49H31N3. The molecule has 0 aliphatic rings. The van der Waals surface area contributed by atoms with Crippen LogP contribution < -0.4 is 0 Å². The quantitative estimate of drug-likeness (QED) is 0.136. The first kappa shape index (κ1) is 29.9. The summed E-state index contributed by atoms with van der Waals surface area (Å²) in [4.78, 5) is 14.7. The first-order chi connectivity index (χ1) is 25.7. The number of aromatic nitrogens is 3. The summed E-state index contributed by atoms with van der Waals surface area (Å²) in [5.41, 5.74) is 9.45. The molecule has 8 aromatic carbocycles. The maximum atomic E-state index is 5.09. The Morgan fingerprint density at radius 3 is 1.62 bits per heavy atom. The van der Waals surface area contributed by atoms with Gasteiger partial charge in [0.1, 0.15) is 0 Å². The molecule has 0 fully saturated rings. The predicted octanol–water partition coefficient (Wildman–Crippen LogP) is 12.8. The minimum absolute atomic E-state index is 0.702. The summed E-state index contributed by atoms with van der Waals surface area (Å²) in [7, 11) is 0. The van der Waals surface area contributed by atoms with Crippen molar-refractivity contribution in [2.45, 2.75) is 0 Å². The molecule has 3 nitrogen and oxygen atoms in total. The Kier molecular flexibility index (Phi) is 7.14. The smallest absolute Gasteiger partial charge is 0.160 e. The fourth-order valence-electron chi connectivity index (χ4n) is 7.48. The SMILES string of the molecule is c1ccc(-c2nc(-c3ccc(-c4cncc5ccccc45)cc3)cc(-c3ccc(-c4cccc5c4ccc4cc6ccccc6cc45)cc3)n2)cc1. The van der Waals surface area contributed by atoms with Gasteiger partial charge in [0.05, 0.1) is 11.4 Å². The number of benzene rings is 8. The lowest BCUT2D eigenvalue weighted by molar-refractivity contribution is 1.18. The third-order valence-corrected chi connectivity index (χ3v) is 10.2. The van der Waals surface area contributed by atoms with E-state index in [9.17, 15) is 0 Å². The van der Waals surface area contributed by atoms with Crippen molar-refractivity contribution in [3.8, 4) is 56.2 Å². The van der Waals surface area contributed by atoms with Crippen molar-refractivity contribution < 1.29 is 0 Å². The van der Waals surface area contributed by atoms with Crippen molar-refractivity contribution in [2.75, 3.05) is 0 Å². The number of hydrogen-bond donors (Lipinski definition) is 0. The van der Waals surface area contributed by atoms with Gasteiger partial charge in [-0.25, -0.2) is 9.97 Å².